The maximum atomic E-state index is 6.41. The molecule has 10 rings (SSSR count). The SMILES string of the molecule is CC1(C)c2ccccc2-c2c(N(c3ccccc3)c3ccc(-c4c5nc(-c6ccccc6)oc5cc5oc6ccccc6c45)cc3)cccc21. The first-order valence-corrected chi connectivity index (χ1v) is 17.1. The Bertz CT molecular complexity index is 2720. The van der Waals surface area contributed by atoms with Crippen molar-refractivity contribution in [2.75, 3.05) is 4.90 Å². The highest BCUT2D eigenvalue weighted by atomic mass is 16.4. The zero-order valence-corrected chi connectivity index (χ0v) is 27.7. The summed E-state index contributed by atoms with van der Waals surface area (Å²) in [6, 6.07) is 55.3. The van der Waals surface area contributed by atoms with Gasteiger partial charge < -0.3 is 13.7 Å². The van der Waals surface area contributed by atoms with Crippen LogP contribution in [0.25, 0.3) is 66.7 Å². The molecule has 0 N–H and O–H groups in total. The van der Waals surface area contributed by atoms with Gasteiger partial charge in [-0.1, -0.05) is 117 Å². The van der Waals surface area contributed by atoms with Crippen LogP contribution in [0.4, 0.5) is 17.1 Å². The molecule has 0 amide bonds. The van der Waals surface area contributed by atoms with Crippen LogP contribution in [0.2, 0.25) is 0 Å². The third-order valence-electron chi connectivity index (χ3n) is 10.3. The second-order valence-electron chi connectivity index (χ2n) is 13.5. The molecule has 9 aromatic rings. The summed E-state index contributed by atoms with van der Waals surface area (Å²) in [4.78, 5) is 7.49. The molecule has 1 aliphatic carbocycles. The first-order valence-electron chi connectivity index (χ1n) is 17.1. The largest absolute Gasteiger partial charge is 0.456 e. The highest BCUT2D eigenvalue weighted by Crippen LogP contribution is 2.54. The number of hydrogen-bond acceptors (Lipinski definition) is 4. The van der Waals surface area contributed by atoms with Gasteiger partial charge in [-0.3, -0.25) is 0 Å². The average Bonchev–Trinajstić information content (AvgIpc) is 3.83. The van der Waals surface area contributed by atoms with E-state index in [-0.39, 0.29) is 5.41 Å². The quantitative estimate of drug-likeness (QED) is 0.187. The molecule has 0 radical (unpaired) electrons. The summed E-state index contributed by atoms with van der Waals surface area (Å²) < 4.78 is 12.8. The van der Waals surface area contributed by atoms with Crippen molar-refractivity contribution < 1.29 is 8.83 Å². The van der Waals surface area contributed by atoms with Gasteiger partial charge in [-0.15, -0.1) is 0 Å². The van der Waals surface area contributed by atoms with Gasteiger partial charge in [0.2, 0.25) is 5.89 Å². The lowest BCUT2D eigenvalue weighted by Crippen LogP contribution is -2.16. The topological polar surface area (TPSA) is 42.4 Å². The highest BCUT2D eigenvalue weighted by Gasteiger charge is 2.37. The van der Waals surface area contributed by atoms with Crippen molar-refractivity contribution in [2.24, 2.45) is 0 Å². The van der Waals surface area contributed by atoms with Gasteiger partial charge in [0.05, 0.1) is 5.69 Å². The van der Waals surface area contributed by atoms with E-state index in [4.69, 9.17) is 13.8 Å². The van der Waals surface area contributed by atoms with Crippen LogP contribution in [0.1, 0.15) is 25.0 Å². The first kappa shape index (κ1) is 28.6. The Hall–Kier alpha value is -6.39. The van der Waals surface area contributed by atoms with Crippen LogP contribution < -0.4 is 4.90 Å². The summed E-state index contributed by atoms with van der Waals surface area (Å²) in [6.07, 6.45) is 0. The molecule has 0 spiro atoms. The molecule has 0 unspecified atom stereocenters. The lowest BCUT2D eigenvalue weighted by atomic mass is 9.82. The van der Waals surface area contributed by atoms with Crippen molar-refractivity contribution in [3.8, 4) is 33.7 Å². The molecule has 0 atom stereocenters. The van der Waals surface area contributed by atoms with Gasteiger partial charge >= 0.3 is 0 Å². The van der Waals surface area contributed by atoms with E-state index in [2.05, 4.69) is 128 Å². The Morgan fingerprint density at radius 1 is 0.520 bits per heavy atom. The maximum Gasteiger partial charge on any atom is 0.227 e. The first-order chi connectivity index (χ1) is 24.6. The summed E-state index contributed by atoms with van der Waals surface area (Å²) in [7, 11) is 0. The van der Waals surface area contributed by atoms with E-state index in [1.807, 2.05) is 48.5 Å². The molecule has 7 aromatic carbocycles. The van der Waals surface area contributed by atoms with E-state index in [0.717, 1.165) is 61.2 Å². The van der Waals surface area contributed by atoms with Crippen LogP contribution >= 0.6 is 0 Å². The maximum absolute atomic E-state index is 6.41. The average molecular weight is 645 g/mol. The minimum atomic E-state index is -0.0955. The number of rotatable bonds is 5. The van der Waals surface area contributed by atoms with Gasteiger partial charge in [-0.25, -0.2) is 4.98 Å². The van der Waals surface area contributed by atoms with Gasteiger partial charge in [0.1, 0.15) is 16.7 Å². The van der Waals surface area contributed by atoms with Crippen LogP contribution in [-0.4, -0.2) is 4.98 Å². The van der Waals surface area contributed by atoms with Crippen LogP contribution in [0.3, 0.4) is 0 Å². The highest BCUT2D eigenvalue weighted by molar-refractivity contribution is 6.19. The Labute approximate surface area is 289 Å². The minimum absolute atomic E-state index is 0.0955. The molecule has 0 fully saturated rings. The normalized spacial score (nSPS) is 13.2. The molecular formula is C46H32N2O2. The zero-order chi connectivity index (χ0) is 33.4. The van der Waals surface area contributed by atoms with E-state index in [0.29, 0.717) is 11.5 Å². The summed E-state index contributed by atoms with van der Waals surface area (Å²) in [5, 5.41) is 2.09. The van der Waals surface area contributed by atoms with E-state index < -0.39 is 0 Å². The lowest BCUT2D eigenvalue weighted by molar-refractivity contribution is 0.617. The fourth-order valence-electron chi connectivity index (χ4n) is 7.96. The molecule has 4 heteroatoms. The molecule has 0 saturated heterocycles. The molecule has 4 nitrogen and oxygen atoms in total. The van der Waals surface area contributed by atoms with E-state index in [1.165, 1.54) is 22.3 Å². The number of furan rings is 1. The lowest BCUT2D eigenvalue weighted by Gasteiger charge is -2.29. The van der Waals surface area contributed by atoms with Gasteiger partial charge in [-0.05, 0) is 70.8 Å². The smallest absolute Gasteiger partial charge is 0.227 e. The fourth-order valence-corrected chi connectivity index (χ4v) is 7.96. The van der Waals surface area contributed by atoms with Crippen molar-refractivity contribution in [2.45, 2.75) is 19.3 Å². The Morgan fingerprint density at radius 2 is 1.20 bits per heavy atom. The zero-order valence-electron chi connectivity index (χ0n) is 27.7. The monoisotopic (exact) mass is 644 g/mol. The minimum Gasteiger partial charge on any atom is -0.456 e. The van der Waals surface area contributed by atoms with Gasteiger partial charge in [-0.2, -0.15) is 0 Å². The number of hydrogen-bond donors (Lipinski definition) is 0. The number of aromatic nitrogens is 1. The molecule has 2 aromatic heterocycles. The molecule has 238 valence electrons. The predicted molar refractivity (Wildman–Crippen MR) is 204 cm³/mol. The number of para-hydroxylation sites is 2. The van der Waals surface area contributed by atoms with E-state index in [1.54, 1.807) is 0 Å². The molecule has 0 bridgehead atoms. The molecule has 50 heavy (non-hydrogen) atoms. The molecule has 0 aliphatic heterocycles. The second-order valence-corrected chi connectivity index (χ2v) is 13.5. The number of benzene rings is 7. The summed E-state index contributed by atoms with van der Waals surface area (Å²) in [5.41, 5.74) is 14.6. The van der Waals surface area contributed by atoms with E-state index in [9.17, 15) is 0 Å². The number of anilines is 3. The van der Waals surface area contributed by atoms with Gasteiger partial charge in [0, 0.05) is 50.3 Å². The number of fused-ring (bicyclic) bond motifs is 7. The van der Waals surface area contributed by atoms with Crippen molar-refractivity contribution in [1.82, 2.24) is 4.98 Å². The van der Waals surface area contributed by atoms with E-state index >= 15 is 0 Å². The molecule has 0 saturated carbocycles. The van der Waals surface area contributed by atoms with Gasteiger partial charge in [0.15, 0.2) is 5.58 Å². The van der Waals surface area contributed by atoms with Crippen molar-refractivity contribution >= 4 is 50.1 Å². The Balaban J connectivity index is 1.18. The van der Waals surface area contributed by atoms with Crippen molar-refractivity contribution in [3.63, 3.8) is 0 Å². The summed E-state index contributed by atoms with van der Waals surface area (Å²) in [5.74, 6) is 0.590. The number of nitrogens with zero attached hydrogens (tertiary/aromatic N) is 2. The standard InChI is InChI=1S/C46H32N2O2/c1-46(2)35-20-11-9-18-33(35)42-36(46)21-13-22-37(42)48(31-16-7-4-8-17-31)32-26-24-29(25-27-32)41-43-34-19-10-12-23-38(34)49-39(43)28-40-44(41)47-45(50-40)30-14-5-3-6-15-30/h3-28H,1-2H3. The van der Waals surface area contributed by atoms with Crippen LogP contribution in [-0.2, 0) is 5.41 Å². The molecule has 1 aliphatic rings. The van der Waals surface area contributed by atoms with Crippen LogP contribution in [0, 0.1) is 0 Å². The fraction of sp³-hybridized carbons (Fsp3) is 0.0652. The third-order valence-corrected chi connectivity index (χ3v) is 10.3. The summed E-state index contributed by atoms with van der Waals surface area (Å²) in [6.45, 7) is 4.66. The third kappa shape index (κ3) is 4.21. The van der Waals surface area contributed by atoms with Crippen molar-refractivity contribution in [1.29, 1.82) is 0 Å². The summed E-state index contributed by atoms with van der Waals surface area (Å²) >= 11 is 0. The van der Waals surface area contributed by atoms with Crippen LogP contribution in [0.5, 0.6) is 0 Å². The Kier molecular flexibility index (Phi) is 6.19. The molecular weight excluding hydrogens is 613 g/mol. The second kappa shape index (κ2) is 10.8. The van der Waals surface area contributed by atoms with Crippen LogP contribution in [0.15, 0.2) is 167 Å². The molecule has 2 heterocycles. The Morgan fingerprint density at radius 3 is 2.02 bits per heavy atom. The number of oxazole rings is 1. The van der Waals surface area contributed by atoms with Gasteiger partial charge in [0.25, 0.3) is 0 Å². The van der Waals surface area contributed by atoms with Crippen molar-refractivity contribution in [3.05, 3.63) is 169 Å². The predicted octanol–water partition coefficient (Wildman–Crippen LogP) is 12.8.